The maximum Gasteiger partial charge on any atom is 0.123 e. The molecule has 0 spiro atoms. The van der Waals surface area contributed by atoms with Gasteiger partial charge in [-0.1, -0.05) is 30.3 Å². The van der Waals surface area contributed by atoms with Crippen molar-refractivity contribution in [3.05, 3.63) is 35.9 Å². The molecule has 0 unspecified atom stereocenters. The number of nitrogens with two attached hydrogens (primary N) is 1. The molecule has 0 atom stereocenters. The first-order chi connectivity index (χ1) is 8.10. The Morgan fingerprint density at radius 1 is 1.21 bits per heavy atom. The van der Waals surface area contributed by atoms with Gasteiger partial charge in [-0.05, 0) is 18.4 Å². The Balaban J connectivity index is 0.00000162. The summed E-state index contributed by atoms with van der Waals surface area (Å²) in [7, 11) is 0. The molecule has 0 radical (unpaired) electrons. The van der Waals surface area contributed by atoms with E-state index >= 15 is 0 Å². The Kier molecular flexibility index (Phi) is 7.37. The van der Waals surface area contributed by atoms with Gasteiger partial charge in [-0.15, -0.1) is 24.8 Å². The fourth-order valence-corrected chi connectivity index (χ4v) is 2.19. The van der Waals surface area contributed by atoms with Crippen molar-refractivity contribution in [3.63, 3.8) is 0 Å². The number of piperidine rings is 1. The fourth-order valence-electron chi connectivity index (χ4n) is 2.19. The minimum absolute atomic E-state index is 0. The van der Waals surface area contributed by atoms with E-state index in [1.807, 2.05) is 18.2 Å². The summed E-state index contributed by atoms with van der Waals surface area (Å²) >= 11 is 0. The Morgan fingerprint density at radius 3 is 2.21 bits per heavy atom. The molecule has 0 aromatic heterocycles. The number of nitrogens with zero attached hydrogens (tertiary/aromatic N) is 1. The maximum absolute atomic E-state index is 10.1. The molecular weight excluding hydrogens is 285 g/mol. The lowest BCUT2D eigenvalue weighted by molar-refractivity contribution is 0.0312. The second-order valence-corrected chi connectivity index (χ2v) is 4.71. The molecule has 1 aromatic rings. The normalized spacial score (nSPS) is 17.9. The second-order valence-electron chi connectivity index (χ2n) is 4.71. The number of rotatable bonds is 3. The molecule has 4 nitrogen and oxygen atoms in total. The number of halogens is 2. The number of hydrogen-bond donors (Lipinski definition) is 3. The summed E-state index contributed by atoms with van der Waals surface area (Å²) in [4.78, 5) is 2.28. The molecule has 1 saturated heterocycles. The van der Waals surface area contributed by atoms with Crippen molar-refractivity contribution in [1.82, 2.24) is 4.90 Å². The summed E-state index contributed by atoms with van der Waals surface area (Å²) in [6, 6.07) is 10.3. The van der Waals surface area contributed by atoms with Gasteiger partial charge in [-0.2, -0.15) is 0 Å². The van der Waals surface area contributed by atoms with Crippen LogP contribution in [0.4, 0.5) is 0 Å². The van der Waals surface area contributed by atoms with Gasteiger partial charge in [0, 0.05) is 19.6 Å². The number of aliphatic hydroxyl groups is 1. The number of nitrogens with one attached hydrogen (secondary N) is 1. The smallest absolute Gasteiger partial charge is 0.123 e. The van der Waals surface area contributed by atoms with Gasteiger partial charge < -0.3 is 10.8 Å². The molecule has 0 amide bonds. The lowest BCUT2D eigenvalue weighted by Crippen LogP contribution is -2.51. The third kappa shape index (κ3) is 4.66. The van der Waals surface area contributed by atoms with E-state index < -0.39 is 5.60 Å². The van der Waals surface area contributed by atoms with Gasteiger partial charge in [-0.3, -0.25) is 10.3 Å². The van der Waals surface area contributed by atoms with Gasteiger partial charge in [0.1, 0.15) is 11.4 Å². The van der Waals surface area contributed by atoms with Crippen LogP contribution >= 0.6 is 24.8 Å². The first-order valence-electron chi connectivity index (χ1n) is 5.93. The zero-order valence-corrected chi connectivity index (χ0v) is 12.3. The minimum atomic E-state index is -1.08. The summed E-state index contributed by atoms with van der Waals surface area (Å²) in [5.74, 6) is -0.100. The van der Waals surface area contributed by atoms with Crippen molar-refractivity contribution < 1.29 is 5.11 Å². The summed E-state index contributed by atoms with van der Waals surface area (Å²) in [6.45, 7) is 2.46. The maximum atomic E-state index is 10.1. The van der Waals surface area contributed by atoms with Crippen LogP contribution in [0.15, 0.2) is 30.3 Å². The van der Waals surface area contributed by atoms with Crippen LogP contribution in [-0.2, 0) is 6.54 Å². The number of benzene rings is 1. The molecule has 1 heterocycles. The molecule has 1 aliphatic heterocycles. The van der Waals surface area contributed by atoms with Gasteiger partial charge in [0.25, 0.3) is 0 Å². The highest BCUT2D eigenvalue weighted by Gasteiger charge is 2.34. The molecule has 2 rings (SSSR count). The molecule has 1 fully saturated rings. The molecule has 0 bridgehead atoms. The standard InChI is InChI=1S/C13H19N3O.2ClH/c14-12(15)13(17)6-8-16(9-7-13)10-11-4-2-1-3-5-11;;/h1-5,17H,6-10H2,(H3,14,15);2*1H. The van der Waals surface area contributed by atoms with E-state index in [0.717, 1.165) is 19.6 Å². The first kappa shape index (κ1) is 18.2. The number of likely N-dealkylation sites (tertiary alicyclic amines) is 1. The van der Waals surface area contributed by atoms with Crippen LogP contribution in [0.2, 0.25) is 0 Å². The summed E-state index contributed by atoms with van der Waals surface area (Å²) in [5, 5.41) is 17.4. The highest BCUT2D eigenvalue weighted by molar-refractivity contribution is 5.86. The topological polar surface area (TPSA) is 73.3 Å². The minimum Gasteiger partial charge on any atom is -0.385 e. The fraction of sp³-hybridized carbons (Fsp3) is 0.462. The van der Waals surface area contributed by atoms with Crippen LogP contribution in [0.25, 0.3) is 0 Å². The van der Waals surface area contributed by atoms with Crippen LogP contribution in [0.3, 0.4) is 0 Å². The summed E-state index contributed by atoms with van der Waals surface area (Å²) in [5.41, 5.74) is 5.62. The molecule has 108 valence electrons. The monoisotopic (exact) mass is 305 g/mol. The number of amidine groups is 1. The Labute approximate surface area is 126 Å². The Bertz CT molecular complexity index is 392. The van der Waals surface area contributed by atoms with Crippen molar-refractivity contribution in [1.29, 1.82) is 5.41 Å². The van der Waals surface area contributed by atoms with Gasteiger partial charge in [0.15, 0.2) is 0 Å². The molecule has 0 aliphatic carbocycles. The molecule has 6 heteroatoms. The van der Waals surface area contributed by atoms with Crippen LogP contribution in [0.5, 0.6) is 0 Å². The zero-order chi connectivity index (χ0) is 12.3. The highest BCUT2D eigenvalue weighted by atomic mass is 35.5. The Hall–Kier alpha value is -0.810. The van der Waals surface area contributed by atoms with E-state index in [1.54, 1.807) is 0 Å². The van der Waals surface area contributed by atoms with E-state index in [4.69, 9.17) is 11.1 Å². The highest BCUT2D eigenvalue weighted by Crippen LogP contribution is 2.22. The van der Waals surface area contributed by atoms with Crippen molar-refractivity contribution in [3.8, 4) is 0 Å². The Morgan fingerprint density at radius 2 is 1.74 bits per heavy atom. The SMILES string of the molecule is Cl.Cl.N=C(N)C1(O)CCN(Cc2ccccc2)CC1. The second kappa shape index (κ2) is 7.70. The van der Waals surface area contributed by atoms with Gasteiger partial charge >= 0.3 is 0 Å². The van der Waals surface area contributed by atoms with Crippen molar-refractivity contribution in [2.24, 2.45) is 5.73 Å². The molecule has 4 N–H and O–H groups in total. The summed E-state index contributed by atoms with van der Waals surface area (Å²) in [6.07, 6.45) is 1.10. The largest absolute Gasteiger partial charge is 0.385 e. The third-order valence-electron chi connectivity index (χ3n) is 3.43. The van der Waals surface area contributed by atoms with Crippen molar-refractivity contribution >= 4 is 30.6 Å². The van der Waals surface area contributed by atoms with Crippen molar-refractivity contribution in [2.45, 2.75) is 25.0 Å². The average Bonchev–Trinajstić information content (AvgIpc) is 2.33. The van der Waals surface area contributed by atoms with Gasteiger partial charge in [-0.25, -0.2) is 0 Å². The van der Waals surface area contributed by atoms with Crippen molar-refractivity contribution in [2.75, 3.05) is 13.1 Å². The zero-order valence-electron chi connectivity index (χ0n) is 10.7. The summed E-state index contributed by atoms with van der Waals surface area (Å²) < 4.78 is 0. The van der Waals surface area contributed by atoms with Crippen LogP contribution < -0.4 is 5.73 Å². The number of hydrogen-bond acceptors (Lipinski definition) is 3. The molecule has 1 aliphatic rings. The average molecular weight is 306 g/mol. The van der Waals surface area contributed by atoms with E-state index in [9.17, 15) is 5.11 Å². The van der Waals surface area contributed by atoms with Crippen LogP contribution in [0.1, 0.15) is 18.4 Å². The molecule has 1 aromatic carbocycles. The molecular formula is C13H21Cl2N3O. The van der Waals surface area contributed by atoms with Crippen LogP contribution in [-0.4, -0.2) is 34.5 Å². The molecule has 19 heavy (non-hydrogen) atoms. The lowest BCUT2D eigenvalue weighted by Gasteiger charge is -2.37. The van der Waals surface area contributed by atoms with Gasteiger partial charge in [0.2, 0.25) is 0 Å². The first-order valence-corrected chi connectivity index (χ1v) is 5.93. The predicted molar refractivity (Wildman–Crippen MR) is 82.3 cm³/mol. The predicted octanol–water partition coefficient (Wildman–Crippen LogP) is 1.79. The van der Waals surface area contributed by atoms with E-state index in [0.29, 0.717) is 12.8 Å². The lowest BCUT2D eigenvalue weighted by atomic mass is 9.90. The molecule has 0 saturated carbocycles. The van der Waals surface area contributed by atoms with E-state index in [2.05, 4.69) is 17.0 Å². The quantitative estimate of drug-likeness (QED) is 0.589. The van der Waals surface area contributed by atoms with Crippen LogP contribution in [0, 0.1) is 5.41 Å². The third-order valence-corrected chi connectivity index (χ3v) is 3.43. The van der Waals surface area contributed by atoms with E-state index in [-0.39, 0.29) is 30.6 Å². The van der Waals surface area contributed by atoms with E-state index in [1.165, 1.54) is 5.56 Å². The van der Waals surface area contributed by atoms with Gasteiger partial charge in [0.05, 0.1) is 0 Å².